The lowest BCUT2D eigenvalue weighted by atomic mass is 10.3. The van der Waals surface area contributed by atoms with Gasteiger partial charge in [-0.15, -0.1) is 0 Å². The molecular weight excluding hydrogens is 266 g/mol. The summed E-state index contributed by atoms with van der Waals surface area (Å²) in [7, 11) is 0. The molecule has 1 aromatic heterocycles. The summed E-state index contributed by atoms with van der Waals surface area (Å²) in [5, 5.41) is 16.4. The van der Waals surface area contributed by atoms with Crippen molar-refractivity contribution in [2.45, 2.75) is 20.4 Å². The fraction of sp³-hybridized carbons (Fsp3) is 0.231. The highest BCUT2D eigenvalue weighted by Crippen LogP contribution is 2.25. The first kappa shape index (κ1) is 13.4. The van der Waals surface area contributed by atoms with Crippen molar-refractivity contribution in [3.63, 3.8) is 0 Å². The molecule has 0 bridgehead atoms. The lowest BCUT2D eigenvalue weighted by molar-refractivity contribution is -0.116. The summed E-state index contributed by atoms with van der Waals surface area (Å²) in [5.74, 6) is -0.217. The van der Waals surface area contributed by atoms with Gasteiger partial charge in [-0.2, -0.15) is 5.10 Å². The van der Waals surface area contributed by atoms with Crippen LogP contribution in [0.2, 0.25) is 5.02 Å². The van der Waals surface area contributed by atoms with Crippen LogP contribution in [0.1, 0.15) is 11.4 Å². The minimum Gasteiger partial charge on any atom is -0.506 e. The van der Waals surface area contributed by atoms with Crippen molar-refractivity contribution in [3.05, 3.63) is 40.7 Å². The number of aromatic nitrogens is 2. The second-order valence-corrected chi connectivity index (χ2v) is 4.71. The molecule has 1 heterocycles. The van der Waals surface area contributed by atoms with Gasteiger partial charge in [0.2, 0.25) is 5.91 Å². The van der Waals surface area contributed by atoms with Crippen LogP contribution in [0.5, 0.6) is 5.75 Å². The van der Waals surface area contributed by atoms with Gasteiger partial charge >= 0.3 is 0 Å². The zero-order valence-corrected chi connectivity index (χ0v) is 11.4. The van der Waals surface area contributed by atoms with Crippen molar-refractivity contribution in [1.82, 2.24) is 9.78 Å². The number of benzene rings is 1. The van der Waals surface area contributed by atoms with Crippen LogP contribution in [0.15, 0.2) is 24.3 Å². The van der Waals surface area contributed by atoms with Crippen LogP contribution in [0.25, 0.3) is 0 Å². The molecule has 100 valence electrons. The summed E-state index contributed by atoms with van der Waals surface area (Å²) >= 11 is 5.77. The van der Waals surface area contributed by atoms with E-state index in [2.05, 4.69) is 10.4 Å². The lowest BCUT2D eigenvalue weighted by Crippen LogP contribution is -2.20. The number of carbonyl (C=O) groups is 1. The highest BCUT2D eigenvalue weighted by Gasteiger charge is 2.08. The number of phenols is 1. The number of carbonyl (C=O) groups excluding carboxylic acids is 1. The van der Waals surface area contributed by atoms with E-state index >= 15 is 0 Å². The third-order valence-corrected chi connectivity index (χ3v) is 2.93. The molecule has 6 heteroatoms. The second-order valence-electron chi connectivity index (χ2n) is 4.30. The first-order chi connectivity index (χ1) is 8.95. The SMILES string of the molecule is Cc1cc(C)n(CC(=O)Nc2ccc(O)c(Cl)c2)n1. The molecule has 2 N–H and O–H groups in total. The standard InChI is InChI=1S/C13H14ClN3O2/c1-8-5-9(2)17(16-8)7-13(19)15-10-3-4-12(18)11(14)6-10/h3-6,18H,7H2,1-2H3,(H,15,19). The molecule has 0 unspecified atom stereocenters. The normalized spacial score (nSPS) is 10.5. The van der Waals surface area contributed by atoms with Gasteiger partial charge in [-0.25, -0.2) is 0 Å². The minimum atomic E-state index is -0.201. The molecule has 1 amide bonds. The third-order valence-electron chi connectivity index (χ3n) is 2.63. The minimum absolute atomic E-state index is 0.0155. The van der Waals surface area contributed by atoms with Gasteiger partial charge in [0.05, 0.1) is 10.7 Å². The molecule has 1 aromatic carbocycles. The summed E-state index contributed by atoms with van der Waals surface area (Å²) < 4.78 is 1.63. The van der Waals surface area contributed by atoms with Crippen molar-refractivity contribution in [2.75, 3.05) is 5.32 Å². The van der Waals surface area contributed by atoms with Crippen LogP contribution in [0.4, 0.5) is 5.69 Å². The summed E-state index contributed by atoms with van der Waals surface area (Å²) in [6, 6.07) is 6.42. The maximum absolute atomic E-state index is 11.9. The van der Waals surface area contributed by atoms with E-state index < -0.39 is 0 Å². The molecule has 2 rings (SSSR count). The Morgan fingerprint density at radius 3 is 2.74 bits per heavy atom. The number of phenolic OH excluding ortho intramolecular Hbond substituents is 1. The number of aryl methyl sites for hydroxylation is 2. The van der Waals surface area contributed by atoms with Gasteiger partial charge in [0.1, 0.15) is 12.3 Å². The molecule has 19 heavy (non-hydrogen) atoms. The van der Waals surface area contributed by atoms with Crippen molar-refractivity contribution < 1.29 is 9.90 Å². The summed E-state index contributed by atoms with van der Waals surface area (Å²) in [6.07, 6.45) is 0. The number of nitrogens with zero attached hydrogens (tertiary/aromatic N) is 2. The van der Waals surface area contributed by atoms with E-state index in [9.17, 15) is 9.90 Å². The summed E-state index contributed by atoms with van der Waals surface area (Å²) in [6.45, 7) is 3.91. The van der Waals surface area contributed by atoms with Crippen LogP contribution >= 0.6 is 11.6 Å². The van der Waals surface area contributed by atoms with Crippen LogP contribution in [0.3, 0.4) is 0 Å². The molecule has 0 aliphatic heterocycles. The van der Waals surface area contributed by atoms with Gasteiger partial charge in [0.25, 0.3) is 0 Å². The van der Waals surface area contributed by atoms with Crippen molar-refractivity contribution in [1.29, 1.82) is 0 Å². The number of anilines is 1. The van der Waals surface area contributed by atoms with Gasteiger partial charge in [0.15, 0.2) is 0 Å². The number of rotatable bonds is 3. The van der Waals surface area contributed by atoms with E-state index in [-0.39, 0.29) is 23.2 Å². The zero-order valence-electron chi connectivity index (χ0n) is 10.6. The van der Waals surface area contributed by atoms with Gasteiger partial charge in [-0.1, -0.05) is 11.6 Å². The third kappa shape index (κ3) is 3.26. The first-order valence-corrected chi connectivity index (χ1v) is 6.13. The van der Waals surface area contributed by atoms with E-state index in [4.69, 9.17) is 11.6 Å². The molecule has 0 saturated carbocycles. The number of aromatic hydroxyl groups is 1. The Morgan fingerprint density at radius 1 is 1.42 bits per heavy atom. The van der Waals surface area contributed by atoms with Crippen LogP contribution in [-0.2, 0) is 11.3 Å². The predicted molar refractivity (Wildman–Crippen MR) is 73.4 cm³/mol. The largest absolute Gasteiger partial charge is 0.506 e. The molecule has 0 fully saturated rings. The molecular formula is C13H14ClN3O2. The van der Waals surface area contributed by atoms with E-state index in [1.807, 2.05) is 19.9 Å². The molecule has 0 spiro atoms. The van der Waals surface area contributed by atoms with Gasteiger partial charge in [-0.3, -0.25) is 9.48 Å². The highest BCUT2D eigenvalue weighted by atomic mass is 35.5. The van der Waals surface area contributed by atoms with Crippen LogP contribution in [0, 0.1) is 13.8 Å². The monoisotopic (exact) mass is 279 g/mol. The lowest BCUT2D eigenvalue weighted by Gasteiger charge is -2.07. The molecule has 5 nitrogen and oxygen atoms in total. The summed E-state index contributed by atoms with van der Waals surface area (Å²) in [4.78, 5) is 11.9. The van der Waals surface area contributed by atoms with Crippen LogP contribution in [-0.4, -0.2) is 20.8 Å². The van der Waals surface area contributed by atoms with Crippen molar-refractivity contribution in [2.24, 2.45) is 0 Å². The van der Waals surface area contributed by atoms with Crippen molar-refractivity contribution >= 4 is 23.2 Å². The Balaban J connectivity index is 2.05. The maximum Gasteiger partial charge on any atom is 0.246 e. The zero-order chi connectivity index (χ0) is 14.0. The molecule has 0 aliphatic rings. The van der Waals surface area contributed by atoms with Gasteiger partial charge in [0, 0.05) is 11.4 Å². The Hall–Kier alpha value is -2.01. The number of halogens is 1. The molecule has 2 aromatic rings. The number of hydrogen-bond donors (Lipinski definition) is 2. The van der Waals surface area contributed by atoms with E-state index in [1.54, 1.807) is 10.7 Å². The fourth-order valence-corrected chi connectivity index (χ4v) is 1.94. The highest BCUT2D eigenvalue weighted by molar-refractivity contribution is 6.32. The second kappa shape index (κ2) is 5.32. The van der Waals surface area contributed by atoms with Crippen molar-refractivity contribution in [3.8, 4) is 5.75 Å². The average Bonchev–Trinajstić information content (AvgIpc) is 2.62. The summed E-state index contributed by atoms with van der Waals surface area (Å²) in [5.41, 5.74) is 2.34. The topological polar surface area (TPSA) is 67.2 Å². The van der Waals surface area contributed by atoms with E-state index in [1.165, 1.54) is 12.1 Å². The Bertz CT molecular complexity index is 622. The number of nitrogens with one attached hydrogen (secondary N) is 1. The average molecular weight is 280 g/mol. The Morgan fingerprint density at radius 2 is 2.16 bits per heavy atom. The van der Waals surface area contributed by atoms with Crippen LogP contribution < -0.4 is 5.32 Å². The number of hydrogen-bond acceptors (Lipinski definition) is 3. The van der Waals surface area contributed by atoms with Gasteiger partial charge in [-0.05, 0) is 38.1 Å². The smallest absolute Gasteiger partial charge is 0.246 e. The molecule has 0 aliphatic carbocycles. The van der Waals surface area contributed by atoms with E-state index in [0.717, 1.165) is 11.4 Å². The van der Waals surface area contributed by atoms with E-state index in [0.29, 0.717) is 5.69 Å². The Labute approximate surface area is 115 Å². The molecule has 0 saturated heterocycles. The predicted octanol–water partition coefficient (Wildman–Crippen LogP) is 2.50. The molecule has 0 radical (unpaired) electrons. The fourth-order valence-electron chi connectivity index (χ4n) is 1.76. The first-order valence-electron chi connectivity index (χ1n) is 5.75. The van der Waals surface area contributed by atoms with Gasteiger partial charge < -0.3 is 10.4 Å². The quantitative estimate of drug-likeness (QED) is 0.848. The molecule has 0 atom stereocenters. The Kier molecular flexibility index (Phi) is 3.76. The number of amides is 1. The maximum atomic E-state index is 11.9.